The zero-order chi connectivity index (χ0) is 12.8. The fourth-order valence-corrected chi connectivity index (χ4v) is 2.54. The lowest BCUT2D eigenvalue weighted by Crippen LogP contribution is -2.20. The van der Waals surface area contributed by atoms with Crippen LogP contribution >= 0.6 is 0 Å². The summed E-state index contributed by atoms with van der Waals surface area (Å²) in [7, 11) is 0. The Labute approximate surface area is 109 Å². The van der Waals surface area contributed by atoms with E-state index in [1.807, 2.05) is 12.1 Å². The Bertz CT molecular complexity index is 380. The van der Waals surface area contributed by atoms with Crippen molar-refractivity contribution >= 4 is 11.6 Å². The molecular formula is C15H22N2O. The van der Waals surface area contributed by atoms with Crippen molar-refractivity contribution in [1.29, 1.82) is 0 Å². The van der Waals surface area contributed by atoms with Gasteiger partial charge in [-0.3, -0.25) is 4.79 Å². The fourth-order valence-electron chi connectivity index (χ4n) is 2.54. The smallest absolute Gasteiger partial charge is 0.221 e. The second-order valence-electron chi connectivity index (χ2n) is 5.16. The van der Waals surface area contributed by atoms with Gasteiger partial charge < -0.3 is 10.6 Å². The first-order valence-electron chi connectivity index (χ1n) is 6.81. The molecule has 0 spiro atoms. The number of rotatable bonds is 5. The zero-order valence-corrected chi connectivity index (χ0v) is 11.0. The molecule has 3 nitrogen and oxygen atoms in total. The highest BCUT2D eigenvalue weighted by Gasteiger charge is 2.13. The van der Waals surface area contributed by atoms with Crippen molar-refractivity contribution in [2.75, 3.05) is 11.9 Å². The number of carbonyl (C=O) groups excluding carboxylic acids is 1. The predicted octanol–water partition coefficient (Wildman–Crippen LogP) is 2.92. The van der Waals surface area contributed by atoms with Crippen LogP contribution < -0.4 is 10.6 Å². The normalized spacial score (nSPS) is 15.8. The molecule has 1 aliphatic carbocycles. The van der Waals surface area contributed by atoms with Crippen molar-refractivity contribution in [1.82, 2.24) is 5.32 Å². The maximum absolute atomic E-state index is 10.9. The van der Waals surface area contributed by atoms with Gasteiger partial charge in [0.05, 0.1) is 0 Å². The Morgan fingerprint density at radius 3 is 2.50 bits per heavy atom. The Morgan fingerprint density at radius 1 is 1.22 bits per heavy atom. The molecular weight excluding hydrogens is 224 g/mol. The van der Waals surface area contributed by atoms with Gasteiger partial charge in [-0.1, -0.05) is 25.0 Å². The zero-order valence-electron chi connectivity index (χ0n) is 11.0. The first kappa shape index (κ1) is 13.1. The number of anilines is 1. The minimum Gasteiger partial charge on any atom is -0.326 e. The van der Waals surface area contributed by atoms with Crippen LogP contribution in [0.3, 0.4) is 0 Å². The SMILES string of the molecule is CC(=O)Nc1ccc(CNCC2CCCC2)cc1. The number of hydrogen-bond donors (Lipinski definition) is 2. The molecule has 1 fully saturated rings. The maximum Gasteiger partial charge on any atom is 0.221 e. The molecule has 18 heavy (non-hydrogen) atoms. The van der Waals surface area contributed by atoms with Crippen LogP contribution in [0.2, 0.25) is 0 Å². The van der Waals surface area contributed by atoms with Crippen LogP contribution in [0.15, 0.2) is 24.3 Å². The van der Waals surface area contributed by atoms with Gasteiger partial charge in [0.1, 0.15) is 0 Å². The van der Waals surface area contributed by atoms with E-state index in [-0.39, 0.29) is 5.91 Å². The predicted molar refractivity (Wildman–Crippen MR) is 74.4 cm³/mol. The monoisotopic (exact) mass is 246 g/mol. The summed E-state index contributed by atoms with van der Waals surface area (Å²) in [4.78, 5) is 10.9. The van der Waals surface area contributed by atoms with Crippen LogP contribution in [0.4, 0.5) is 5.69 Å². The van der Waals surface area contributed by atoms with E-state index in [0.29, 0.717) is 0 Å². The molecule has 1 aromatic carbocycles. The van der Waals surface area contributed by atoms with E-state index in [4.69, 9.17) is 0 Å². The molecule has 0 unspecified atom stereocenters. The van der Waals surface area contributed by atoms with Crippen LogP contribution in [-0.4, -0.2) is 12.5 Å². The van der Waals surface area contributed by atoms with Crippen molar-refractivity contribution in [3.8, 4) is 0 Å². The number of carbonyl (C=O) groups is 1. The van der Waals surface area contributed by atoms with E-state index in [0.717, 1.165) is 24.7 Å². The Balaban J connectivity index is 1.73. The third kappa shape index (κ3) is 4.15. The van der Waals surface area contributed by atoms with Gasteiger partial charge in [0, 0.05) is 19.2 Å². The lowest BCUT2D eigenvalue weighted by atomic mass is 10.1. The number of nitrogens with one attached hydrogen (secondary N) is 2. The van der Waals surface area contributed by atoms with Crippen molar-refractivity contribution in [2.45, 2.75) is 39.2 Å². The van der Waals surface area contributed by atoms with Gasteiger partial charge in [-0.2, -0.15) is 0 Å². The van der Waals surface area contributed by atoms with E-state index in [2.05, 4.69) is 22.8 Å². The topological polar surface area (TPSA) is 41.1 Å². The van der Waals surface area contributed by atoms with Crippen molar-refractivity contribution in [2.24, 2.45) is 5.92 Å². The molecule has 0 atom stereocenters. The fraction of sp³-hybridized carbons (Fsp3) is 0.533. The highest BCUT2D eigenvalue weighted by atomic mass is 16.1. The third-order valence-electron chi connectivity index (χ3n) is 3.51. The third-order valence-corrected chi connectivity index (χ3v) is 3.51. The molecule has 0 radical (unpaired) electrons. The first-order valence-corrected chi connectivity index (χ1v) is 6.81. The van der Waals surface area contributed by atoms with Crippen LogP contribution in [-0.2, 0) is 11.3 Å². The van der Waals surface area contributed by atoms with Crippen LogP contribution in [0, 0.1) is 5.92 Å². The van der Waals surface area contributed by atoms with Gasteiger partial charge in [0.15, 0.2) is 0 Å². The van der Waals surface area contributed by atoms with Gasteiger partial charge in [-0.15, -0.1) is 0 Å². The molecule has 1 amide bonds. The van der Waals surface area contributed by atoms with E-state index in [1.54, 1.807) is 0 Å². The summed E-state index contributed by atoms with van der Waals surface area (Å²) in [6, 6.07) is 8.03. The Morgan fingerprint density at radius 2 is 1.89 bits per heavy atom. The number of benzene rings is 1. The Hall–Kier alpha value is -1.35. The molecule has 3 heteroatoms. The molecule has 1 aromatic rings. The molecule has 98 valence electrons. The highest BCUT2D eigenvalue weighted by molar-refractivity contribution is 5.88. The summed E-state index contributed by atoms with van der Waals surface area (Å²) in [5.74, 6) is 0.853. The van der Waals surface area contributed by atoms with Gasteiger partial charge in [-0.25, -0.2) is 0 Å². The van der Waals surface area contributed by atoms with Gasteiger partial charge >= 0.3 is 0 Å². The summed E-state index contributed by atoms with van der Waals surface area (Å²) in [5.41, 5.74) is 2.13. The molecule has 0 bridgehead atoms. The van der Waals surface area contributed by atoms with Crippen molar-refractivity contribution < 1.29 is 4.79 Å². The van der Waals surface area contributed by atoms with E-state index < -0.39 is 0 Å². The second-order valence-corrected chi connectivity index (χ2v) is 5.16. The number of hydrogen-bond acceptors (Lipinski definition) is 2. The average molecular weight is 246 g/mol. The molecule has 2 N–H and O–H groups in total. The molecule has 0 saturated heterocycles. The molecule has 0 aromatic heterocycles. The quantitative estimate of drug-likeness (QED) is 0.838. The minimum atomic E-state index is -0.0258. The summed E-state index contributed by atoms with van der Waals surface area (Å²) < 4.78 is 0. The van der Waals surface area contributed by atoms with Gasteiger partial charge in [-0.05, 0) is 43.0 Å². The minimum absolute atomic E-state index is 0.0258. The molecule has 2 rings (SSSR count). The van der Waals surface area contributed by atoms with E-state index >= 15 is 0 Å². The highest BCUT2D eigenvalue weighted by Crippen LogP contribution is 2.23. The summed E-state index contributed by atoms with van der Waals surface area (Å²) in [6.07, 6.45) is 5.57. The van der Waals surface area contributed by atoms with E-state index in [1.165, 1.54) is 38.2 Å². The largest absolute Gasteiger partial charge is 0.326 e. The molecule has 0 aliphatic heterocycles. The van der Waals surface area contributed by atoms with Gasteiger partial charge in [0.2, 0.25) is 5.91 Å². The summed E-state index contributed by atoms with van der Waals surface area (Å²) in [5, 5.41) is 6.29. The lowest BCUT2D eigenvalue weighted by Gasteiger charge is -2.10. The molecule has 1 saturated carbocycles. The van der Waals surface area contributed by atoms with Gasteiger partial charge in [0.25, 0.3) is 0 Å². The van der Waals surface area contributed by atoms with Crippen LogP contribution in [0.1, 0.15) is 38.2 Å². The van der Waals surface area contributed by atoms with E-state index in [9.17, 15) is 4.79 Å². The molecule has 0 heterocycles. The van der Waals surface area contributed by atoms with Crippen molar-refractivity contribution in [3.63, 3.8) is 0 Å². The number of amides is 1. The molecule has 1 aliphatic rings. The average Bonchev–Trinajstić information content (AvgIpc) is 2.84. The summed E-state index contributed by atoms with van der Waals surface area (Å²) in [6.45, 7) is 3.57. The first-order chi connectivity index (χ1) is 8.74. The maximum atomic E-state index is 10.9. The second kappa shape index (κ2) is 6.55. The summed E-state index contributed by atoms with van der Waals surface area (Å²) >= 11 is 0. The standard InChI is InChI=1S/C15H22N2O/c1-12(18)17-15-8-6-14(7-9-15)11-16-10-13-4-2-3-5-13/h6-9,13,16H,2-5,10-11H2,1H3,(H,17,18). The van der Waals surface area contributed by atoms with Crippen molar-refractivity contribution in [3.05, 3.63) is 29.8 Å². The Kier molecular flexibility index (Phi) is 4.76. The lowest BCUT2D eigenvalue weighted by molar-refractivity contribution is -0.114. The van der Waals surface area contributed by atoms with Crippen LogP contribution in [0.5, 0.6) is 0 Å². The van der Waals surface area contributed by atoms with Crippen LogP contribution in [0.25, 0.3) is 0 Å².